The molecule has 0 spiro atoms. The number of nitrogens with zero attached hydrogens (tertiary/aromatic N) is 3. The molecule has 4 aromatic rings. The molecule has 8 rings (SSSR count). The number of carboxylic acid groups (broad SMARTS) is 1. The molecule has 2 bridgehead atoms. The molecule has 4 aliphatic rings. The summed E-state index contributed by atoms with van der Waals surface area (Å²) >= 11 is 14.1. The van der Waals surface area contributed by atoms with Crippen LogP contribution in [0.4, 0.5) is 8.78 Å². The molecular formula is C38H38Cl2F2N4O7S. The lowest BCUT2D eigenvalue weighted by Gasteiger charge is -2.44. The highest BCUT2D eigenvalue weighted by Gasteiger charge is 2.38. The summed E-state index contributed by atoms with van der Waals surface area (Å²) in [5.74, 6) is -2.12. The third kappa shape index (κ3) is 9.06. The van der Waals surface area contributed by atoms with Gasteiger partial charge in [0.15, 0.2) is 11.5 Å². The van der Waals surface area contributed by atoms with E-state index < -0.39 is 30.5 Å². The fourth-order valence-electron chi connectivity index (χ4n) is 7.20. The number of carbonyl (C=O) groups is 2. The van der Waals surface area contributed by atoms with Crippen LogP contribution >= 0.6 is 34.5 Å². The first-order valence-electron chi connectivity index (χ1n) is 17.7. The molecular weight excluding hydrogens is 765 g/mol. The van der Waals surface area contributed by atoms with E-state index in [4.69, 9.17) is 37.4 Å². The predicted octanol–water partition coefficient (Wildman–Crippen LogP) is 5.57. The molecule has 3 saturated heterocycles. The van der Waals surface area contributed by atoms with E-state index in [0.29, 0.717) is 56.8 Å². The van der Waals surface area contributed by atoms with E-state index in [1.165, 1.54) is 18.5 Å². The van der Waals surface area contributed by atoms with Crippen LogP contribution in [-0.4, -0.2) is 66.0 Å². The van der Waals surface area contributed by atoms with Gasteiger partial charge in [0.05, 0.1) is 17.5 Å². The summed E-state index contributed by atoms with van der Waals surface area (Å²) < 4.78 is 44.3. The van der Waals surface area contributed by atoms with Gasteiger partial charge in [-0.1, -0.05) is 35.3 Å². The molecule has 286 valence electrons. The summed E-state index contributed by atoms with van der Waals surface area (Å²) in [6.07, 6.45) is 9.40. The SMILES string of the molecule is O=C([O-])c1sc(CNC(C(=O)O[C@H]2CN3CCC2CC3)c2cccnc2)cc1[C@@H](Cc1c(Cl)c[n+](O)cc1Cl)c1ccc(OC(F)F)c(OCC2CC2)c1. The molecule has 3 aromatic heterocycles. The number of alkyl halides is 2. The maximum absolute atomic E-state index is 13.8. The molecule has 1 saturated carbocycles. The number of ether oxygens (including phenoxy) is 3. The average Bonchev–Trinajstić information content (AvgIpc) is 3.88. The van der Waals surface area contributed by atoms with E-state index in [2.05, 4.69) is 15.2 Å². The van der Waals surface area contributed by atoms with Crippen LogP contribution in [0.1, 0.15) is 74.4 Å². The van der Waals surface area contributed by atoms with Crippen LogP contribution in [0.2, 0.25) is 10.0 Å². The van der Waals surface area contributed by atoms with Crippen LogP contribution in [0.3, 0.4) is 0 Å². The second kappa shape index (κ2) is 16.7. The summed E-state index contributed by atoms with van der Waals surface area (Å²) in [6, 6.07) is 8.80. The van der Waals surface area contributed by atoms with E-state index in [9.17, 15) is 28.7 Å². The van der Waals surface area contributed by atoms with Crippen molar-refractivity contribution in [2.24, 2.45) is 11.8 Å². The lowest BCUT2D eigenvalue weighted by atomic mass is 9.85. The second-order valence-corrected chi connectivity index (χ2v) is 15.9. The Morgan fingerprint density at radius 2 is 1.83 bits per heavy atom. The van der Waals surface area contributed by atoms with Crippen molar-refractivity contribution in [2.45, 2.75) is 63.3 Å². The van der Waals surface area contributed by atoms with Gasteiger partial charge in [-0.25, -0.2) is 4.79 Å². The van der Waals surface area contributed by atoms with Crippen molar-refractivity contribution < 1.29 is 47.6 Å². The molecule has 54 heavy (non-hydrogen) atoms. The van der Waals surface area contributed by atoms with Gasteiger partial charge in [-0.15, -0.1) is 11.3 Å². The minimum absolute atomic E-state index is 0.0454. The molecule has 3 aliphatic heterocycles. The van der Waals surface area contributed by atoms with E-state index in [0.717, 1.165) is 50.1 Å². The molecule has 6 heterocycles. The van der Waals surface area contributed by atoms with Crippen molar-refractivity contribution in [3.8, 4) is 11.5 Å². The van der Waals surface area contributed by atoms with Gasteiger partial charge in [-0.3, -0.25) is 20.4 Å². The fourth-order valence-corrected chi connectivity index (χ4v) is 8.81. The van der Waals surface area contributed by atoms with Gasteiger partial charge in [0, 0.05) is 46.6 Å². The number of aromatic carboxylic acids is 1. The van der Waals surface area contributed by atoms with Crippen molar-refractivity contribution in [2.75, 3.05) is 26.2 Å². The zero-order valence-electron chi connectivity index (χ0n) is 29.0. The highest BCUT2D eigenvalue weighted by molar-refractivity contribution is 7.14. The lowest BCUT2D eigenvalue weighted by Crippen LogP contribution is -2.52. The summed E-state index contributed by atoms with van der Waals surface area (Å²) in [7, 11) is 0. The monoisotopic (exact) mass is 802 g/mol. The van der Waals surface area contributed by atoms with Crippen molar-refractivity contribution in [1.82, 2.24) is 15.2 Å². The number of aromatic nitrogens is 2. The number of piperidine rings is 3. The first-order valence-corrected chi connectivity index (χ1v) is 19.3. The Bertz CT molecular complexity index is 1960. The largest absolute Gasteiger partial charge is 0.544 e. The standard InChI is InChI=1S/C38H38Cl2F2N4O7S/c39-29-17-46(50)18-30(40)28(29)14-26(23-5-6-31(53-38(41)42)32(12-23)51-20-21-3-4-21)27-13-25(54-35(27)36(47)48)16-44-34(24-2-1-9-43-15-24)37(49)52-33-19-45-10-7-22(33)8-11-45/h1-2,5-6,9,12-13,15,17-18,21-22,26,33-34,38,44H,3-4,7-8,10-11,14,16,19-20H2,(H-,47,48,50)/t26-,33-,34?/m0/s1. The third-order valence-electron chi connectivity index (χ3n) is 10.2. The number of halogens is 4. The predicted molar refractivity (Wildman–Crippen MR) is 192 cm³/mol. The first-order chi connectivity index (χ1) is 26.0. The van der Waals surface area contributed by atoms with Gasteiger partial charge >= 0.3 is 12.6 Å². The maximum atomic E-state index is 13.8. The zero-order chi connectivity index (χ0) is 37.9. The Hall–Kier alpha value is -4.08. The molecule has 0 radical (unpaired) electrons. The Labute approximate surface area is 324 Å². The first kappa shape index (κ1) is 38.2. The van der Waals surface area contributed by atoms with Crippen LogP contribution in [-0.2, 0) is 22.5 Å². The van der Waals surface area contributed by atoms with Crippen LogP contribution in [0, 0.1) is 11.8 Å². The van der Waals surface area contributed by atoms with Crippen molar-refractivity contribution >= 4 is 46.5 Å². The van der Waals surface area contributed by atoms with Gasteiger partial charge in [-0.05, 0) is 98.0 Å². The number of hydrogen-bond donors (Lipinski definition) is 2. The fraction of sp³-hybridized carbons (Fsp3) is 0.421. The average molecular weight is 804 g/mol. The van der Waals surface area contributed by atoms with Gasteiger partial charge in [0.1, 0.15) is 22.2 Å². The van der Waals surface area contributed by atoms with E-state index in [-0.39, 0.29) is 45.5 Å². The van der Waals surface area contributed by atoms with Crippen molar-refractivity contribution in [1.29, 1.82) is 0 Å². The molecule has 4 fully saturated rings. The number of hydrogen-bond acceptors (Lipinski definition) is 11. The summed E-state index contributed by atoms with van der Waals surface area (Å²) in [5, 5.41) is 26.3. The Morgan fingerprint density at radius 3 is 2.46 bits per heavy atom. The molecule has 2 N–H and O–H groups in total. The summed E-state index contributed by atoms with van der Waals surface area (Å²) in [6.45, 7) is -0.0187. The van der Waals surface area contributed by atoms with Crippen molar-refractivity contribution in [3.05, 3.63) is 103 Å². The van der Waals surface area contributed by atoms with Gasteiger partial charge < -0.3 is 24.1 Å². The normalized spacial score (nSPS) is 20.4. The molecule has 3 atom stereocenters. The van der Waals surface area contributed by atoms with Crippen LogP contribution in [0.25, 0.3) is 0 Å². The minimum atomic E-state index is -3.10. The Kier molecular flexibility index (Phi) is 11.8. The second-order valence-electron chi connectivity index (χ2n) is 13.9. The summed E-state index contributed by atoms with van der Waals surface area (Å²) in [4.78, 5) is 33.5. The number of esters is 1. The molecule has 1 aromatic carbocycles. The number of carboxylic acids is 1. The molecule has 1 unspecified atom stereocenters. The molecule has 1 aliphatic carbocycles. The quantitative estimate of drug-likeness (QED) is 0.0841. The topological polar surface area (TPSA) is 137 Å². The number of pyridine rings is 2. The van der Waals surface area contributed by atoms with Crippen LogP contribution < -0.4 is 24.6 Å². The van der Waals surface area contributed by atoms with E-state index in [1.807, 2.05) is 0 Å². The number of fused-ring (bicyclic) bond motifs is 3. The highest BCUT2D eigenvalue weighted by Crippen LogP contribution is 2.42. The van der Waals surface area contributed by atoms with E-state index in [1.54, 1.807) is 42.7 Å². The number of thiophene rings is 1. The van der Waals surface area contributed by atoms with Crippen LogP contribution in [0.15, 0.2) is 61.2 Å². The zero-order valence-corrected chi connectivity index (χ0v) is 31.3. The van der Waals surface area contributed by atoms with Crippen LogP contribution in [0.5, 0.6) is 11.5 Å². The lowest BCUT2D eigenvalue weighted by molar-refractivity contribution is -0.904. The number of nitrogens with one attached hydrogen (secondary N) is 1. The Morgan fingerprint density at radius 1 is 1.07 bits per heavy atom. The minimum Gasteiger partial charge on any atom is -0.544 e. The smallest absolute Gasteiger partial charge is 0.387 e. The molecule has 11 nitrogen and oxygen atoms in total. The Balaban J connectivity index is 1.22. The highest BCUT2D eigenvalue weighted by atomic mass is 35.5. The number of benzene rings is 1. The summed E-state index contributed by atoms with van der Waals surface area (Å²) in [5.41, 5.74) is 1.85. The third-order valence-corrected chi connectivity index (χ3v) is 12.0. The number of rotatable bonds is 16. The van der Waals surface area contributed by atoms with Gasteiger partial charge in [0.25, 0.3) is 0 Å². The molecule has 16 heteroatoms. The van der Waals surface area contributed by atoms with Crippen molar-refractivity contribution in [3.63, 3.8) is 0 Å². The van der Waals surface area contributed by atoms with E-state index >= 15 is 0 Å². The van der Waals surface area contributed by atoms with Gasteiger partial charge in [-0.2, -0.15) is 8.78 Å². The molecule has 0 amide bonds. The maximum Gasteiger partial charge on any atom is 0.387 e. The number of carbonyl (C=O) groups excluding carboxylic acids is 2. The van der Waals surface area contributed by atoms with Gasteiger partial charge in [0.2, 0.25) is 12.4 Å².